The van der Waals surface area contributed by atoms with Crippen LogP contribution < -0.4 is 0 Å². The monoisotopic (exact) mass is 662 g/mol. The van der Waals surface area contributed by atoms with Gasteiger partial charge in [0.05, 0.1) is 18.8 Å². The summed E-state index contributed by atoms with van der Waals surface area (Å²) in [5.41, 5.74) is -1.36. The van der Waals surface area contributed by atoms with Gasteiger partial charge in [-0.25, -0.2) is 0 Å². The molecule has 0 unspecified atom stereocenters. The van der Waals surface area contributed by atoms with Crippen molar-refractivity contribution in [3.8, 4) is 0 Å². The Hall–Kier alpha value is -0.850. The summed E-state index contributed by atoms with van der Waals surface area (Å²) in [6.45, 7) is 16.8. The summed E-state index contributed by atoms with van der Waals surface area (Å²) in [7, 11) is 0. The Morgan fingerprint density at radius 3 is 2.28 bits per heavy atom. The van der Waals surface area contributed by atoms with E-state index >= 15 is 0 Å². The minimum atomic E-state index is -1.29. The molecule has 10 heteroatoms. The molecule has 3 saturated heterocycles. The molecular formula is C37H58O10. The summed E-state index contributed by atoms with van der Waals surface area (Å²) in [6, 6.07) is 0. The second kappa shape index (κ2) is 9.93. The maximum atomic E-state index is 12.8. The van der Waals surface area contributed by atoms with E-state index in [4.69, 9.17) is 23.7 Å². The maximum absolute atomic E-state index is 12.8. The molecule has 8 aliphatic rings. The molecule has 0 aromatic carbocycles. The van der Waals surface area contributed by atoms with Crippen LogP contribution in [0.1, 0.15) is 107 Å². The summed E-state index contributed by atoms with van der Waals surface area (Å²) in [5, 5.41) is 43.7. The van der Waals surface area contributed by atoms with Gasteiger partial charge >= 0.3 is 5.97 Å². The Balaban J connectivity index is 1.09. The summed E-state index contributed by atoms with van der Waals surface area (Å²) in [6.07, 6.45) is 1.72. The van der Waals surface area contributed by atoms with Gasteiger partial charge in [0.15, 0.2) is 12.1 Å². The molecule has 0 aromatic rings. The molecule has 0 aromatic heterocycles. The minimum Gasteiger partial charge on any atom is -0.457 e. The van der Waals surface area contributed by atoms with Gasteiger partial charge in [0, 0.05) is 18.3 Å². The van der Waals surface area contributed by atoms with Gasteiger partial charge < -0.3 is 44.1 Å². The van der Waals surface area contributed by atoms with Crippen molar-refractivity contribution in [3.05, 3.63) is 0 Å². The number of rotatable bonds is 4. The van der Waals surface area contributed by atoms with E-state index in [1.54, 1.807) is 0 Å². The number of esters is 1. The third-order valence-electron chi connectivity index (χ3n) is 16.3. The molecule has 5 saturated carbocycles. The molecule has 5 aliphatic carbocycles. The van der Waals surface area contributed by atoms with E-state index in [0.29, 0.717) is 11.8 Å². The van der Waals surface area contributed by atoms with Gasteiger partial charge in [-0.15, -0.1) is 0 Å². The highest BCUT2D eigenvalue weighted by molar-refractivity contribution is 5.66. The van der Waals surface area contributed by atoms with E-state index in [-0.39, 0.29) is 58.3 Å². The van der Waals surface area contributed by atoms with Crippen LogP contribution in [-0.2, 0) is 28.5 Å². The topological polar surface area (TPSA) is 144 Å². The lowest BCUT2D eigenvalue weighted by molar-refractivity contribution is -0.303. The fourth-order valence-corrected chi connectivity index (χ4v) is 14.4. The molecule has 17 atom stereocenters. The Kier molecular flexibility index (Phi) is 7.03. The molecule has 4 N–H and O–H groups in total. The van der Waals surface area contributed by atoms with Crippen molar-refractivity contribution in [1.29, 1.82) is 0 Å². The largest absolute Gasteiger partial charge is 0.457 e. The lowest BCUT2D eigenvalue weighted by atomic mass is 9.41. The van der Waals surface area contributed by atoms with Crippen molar-refractivity contribution in [2.24, 2.45) is 50.7 Å². The van der Waals surface area contributed by atoms with Crippen molar-refractivity contribution in [1.82, 2.24) is 0 Å². The zero-order valence-electron chi connectivity index (χ0n) is 29.5. The van der Waals surface area contributed by atoms with Gasteiger partial charge in [0.2, 0.25) is 0 Å². The van der Waals surface area contributed by atoms with Crippen LogP contribution in [0.2, 0.25) is 0 Å². The van der Waals surface area contributed by atoms with E-state index in [0.717, 1.165) is 51.4 Å². The first kappa shape index (κ1) is 33.3. The van der Waals surface area contributed by atoms with Gasteiger partial charge in [-0.05, 0) is 105 Å². The molecule has 266 valence electrons. The average Bonchev–Trinajstić information content (AvgIpc) is 3.49. The van der Waals surface area contributed by atoms with E-state index < -0.39 is 53.6 Å². The molecule has 0 radical (unpaired) electrons. The molecule has 2 bridgehead atoms. The number of ether oxygens (including phenoxy) is 5. The van der Waals surface area contributed by atoms with Crippen molar-refractivity contribution >= 4 is 5.97 Å². The normalized spacial score (nSPS) is 58.8. The predicted molar refractivity (Wildman–Crippen MR) is 168 cm³/mol. The number of carbonyl (C=O) groups is 1. The second-order valence-corrected chi connectivity index (χ2v) is 18.8. The number of aliphatic hydroxyl groups excluding tert-OH is 4. The summed E-state index contributed by atoms with van der Waals surface area (Å²) in [4.78, 5) is 12.1. The molecule has 3 aliphatic heterocycles. The predicted octanol–water partition coefficient (Wildman–Crippen LogP) is 3.69. The lowest BCUT2D eigenvalue weighted by Crippen LogP contribution is -2.61. The van der Waals surface area contributed by atoms with Crippen LogP contribution in [0.4, 0.5) is 0 Å². The first-order valence-corrected chi connectivity index (χ1v) is 18.4. The van der Waals surface area contributed by atoms with Crippen LogP contribution in [0.25, 0.3) is 0 Å². The highest BCUT2D eigenvalue weighted by Gasteiger charge is 2.88. The summed E-state index contributed by atoms with van der Waals surface area (Å²) in [5.74, 6) is -0.402. The Bertz CT molecular complexity index is 1320. The Morgan fingerprint density at radius 1 is 0.894 bits per heavy atom. The maximum Gasteiger partial charge on any atom is 0.303 e. The fraction of sp³-hybridized carbons (Fsp3) is 0.973. The van der Waals surface area contributed by atoms with Crippen LogP contribution >= 0.6 is 0 Å². The Morgan fingerprint density at radius 2 is 1.57 bits per heavy atom. The highest BCUT2D eigenvalue weighted by atomic mass is 16.8. The number of aliphatic hydroxyl groups is 4. The van der Waals surface area contributed by atoms with Crippen LogP contribution in [0.3, 0.4) is 0 Å². The highest BCUT2D eigenvalue weighted by Crippen LogP contribution is 2.90. The molecule has 3 spiro atoms. The summed E-state index contributed by atoms with van der Waals surface area (Å²) < 4.78 is 31.9. The second-order valence-electron chi connectivity index (χ2n) is 18.8. The Labute approximate surface area is 279 Å². The fourth-order valence-electron chi connectivity index (χ4n) is 14.4. The first-order valence-electron chi connectivity index (χ1n) is 18.4. The molecule has 8 fully saturated rings. The van der Waals surface area contributed by atoms with E-state index in [1.807, 2.05) is 13.8 Å². The molecule has 3 heterocycles. The van der Waals surface area contributed by atoms with Gasteiger partial charge in [-0.2, -0.15) is 0 Å². The number of fused-ring (bicyclic) bond motifs is 4. The first-order chi connectivity index (χ1) is 21.8. The van der Waals surface area contributed by atoms with Crippen LogP contribution in [-0.4, -0.2) is 93.4 Å². The van der Waals surface area contributed by atoms with Crippen molar-refractivity contribution < 1.29 is 48.9 Å². The zero-order chi connectivity index (χ0) is 33.9. The molecule has 10 nitrogen and oxygen atoms in total. The third-order valence-corrected chi connectivity index (χ3v) is 16.3. The van der Waals surface area contributed by atoms with Crippen LogP contribution in [0, 0.1) is 50.7 Å². The smallest absolute Gasteiger partial charge is 0.303 e. The molecule has 8 rings (SSSR count). The number of carbonyl (C=O) groups excluding carboxylic acids is 1. The zero-order valence-corrected chi connectivity index (χ0v) is 29.5. The van der Waals surface area contributed by atoms with E-state index in [1.165, 1.54) is 6.92 Å². The van der Waals surface area contributed by atoms with Crippen molar-refractivity contribution in [2.45, 2.75) is 167 Å². The molecule has 47 heavy (non-hydrogen) atoms. The number of hydrogen-bond donors (Lipinski definition) is 4. The van der Waals surface area contributed by atoms with Crippen LogP contribution in [0.15, 0.2) is 0 Å². The molecule has 0 amide bonds. The average molecular weight is 663 g/mol. The van der Waals surface area contributed by atoms with Gasteiger partial charge in [-0.3, -0.25) is 4.79 Å². The van der Waals surface area contributed by atoms with Crippen molar-refractivity contribution in [2.75, 3.05) is 6.61 Å². The quantitative estimate of drug-likeness (QED) is 0.260. The minimum absolute atomic E-state index is 0.0329. The standard InChI is InChI=1S/C37H58O10/c1-18-15-21-28(32(5,6)45-19(2)38)47-37(46-21)27(18)33(7)13-14-36-17-35(36)12-11-24(44-29-26(41)25(40)20(39)16-43-29)31(3,4)22(35)9-10-23(36)34(33,8)30(37)42/h18,20-30,39-42H,9-17H2,1-8H3/t18-,20+,21-,22+,23+,24+,25+,26-,27-,28+,29-,30-,33-,34-,35-,36+,37+/m1/s1. The van der Waals surface area contributed by atoms with Gasteiger partial charge in [0.1, 0.15) is 36.1 Å². The van der Waals surface area contributed by atoms with Crippen LogP contribution in [0.5, 0.6) is 0 Å². The SMILES string of the molecule is CC(=O)OC(C)(C)[C@H]1O[C@@]23O[C@@H]1C[C@@H](C)[C@@H]2[C@@]1(C)CC[C@@]24C[C@@]25CC[C@H](O[C@H]2OC[C@H](O)[C@H](O)[C@H]2O)C(C)(C)[C@@H]5CC[C@H]4[C@]1(C)[C@H]3O. The van der Waals surface area contributed by atoms with E-state index in [9.17, 15) is 25.2 Å². The summed E-state index contributed by atoms with van der Waals surface area (Å²) >= 11 is 0. The number of hydrogen-bond acceptors (Lipinski definition) is 10. The van der Waals surface area contributed by atoms with E-state index in [2.05, 4.69) is 34.6 Å². The third kappa shape index (κ3) is 3.88. The lowest BCUT2D eigenvalue weighted by Gasteiger charge is -2.63. The van der Waals surface area contributed by atoms with Gasteiger partial charge in [0.25, 0.3) is 0 Å². The molecular weight excluding hydrogens is 604 g/mol. The van der Waals surface area contributed by atoms with Gasteiger partial charge in [-0.1, -0.05) is 34.6 Å². The van der Waals surface area contributed by atoms with Crippen molar-refractivity contribution in [3.63, 3.8) is 0 Å².